The van der Waals surface area contributed by atoms with Crippen LogP contribution in [0.4, 0.5) is 0 Å². The molecule has 2 fully saturated rings. The summed E-state index contributed by atoms with van der Waals surface area (Å²) >= 11 is 0. The van der Waals surface area contributed by atoms with Gasteiger partial charge in [0.2, 0.25) is 24.3 Å². The second kappa shape index (κ2) is 16.5. The Morgan fingerprint density at radius 2 is 0.931 bits per heavy atom. The zero-order valence-corrected chi connectivity index (χ0v) is 16.9. The molecule has 8 nitrogen and oxygen atoms in total. The van der Waals surface area contributed by atoms with E-state index in [0.29, 0.717) is 13.1 Å². The molecule has 0 saturated heterocycles. The van der Waals surface area contributed by atoms with E-state index in [2.05, 4.69) is 20.0 Å². The van der Waals surface area contributed by atoms with E-state index >= 15 is 0 Å². The van der Waals surface area contributed by atoms with Crippen LogP contribution in [0.15, 0.2) is 20.0 Å². The quantitative estimate of drug-likeness (QED) is 0.332. The lowest BCUT2D eigenvalue weighted by molar-refractivity contribution is 0.226. The fraction of sp³-hybridized carbons (Fsp3) is 0.810. The Morgan fingerprint density at radius 1 is 0.552 bits per heavy atom. The lowest BCUT2D eigenvalue weighted by atomic mass is 9.76. The van der Waals surface area contributed by atoms with Gasteiger partial charge in [-0.1, -0.05) is 0 Å². The third-order valence-corrected chi connectivity index (χ3v) is 5.69. The van der Waals surface area contributed by atoms with E-state index in [4.69, 9.17) is 0 Å². The first-order valence-electron chi connectivity index (χ1n) is 10.4. The monoisotopic (exact) mass is 402 g/mol. The van der Waals surface area contributed by atoms with E-state index in [-0.39, 0.29) is 12.1 Å². The van der Waals surface area contributed by atoms with Crippen LogP contribution in [0.3, 0.4) is 0 Å². The molecule has 2 rings (SSSR count). The molecule has 0 bridgehead atoms. The summed E-state index contributed by atoms with van der Waals surface area (Å²) in [6.45, 7) is 0.940. The Balaban J connectivity index is 0.000000359. The molecule has 0 aromatic heterocycles. The fourth-order valence-corrected chi connectivity index (χ4v) is 4.11. The van der Waals surface area contributed by atoms with E-state index in [0.717, 1.165) is 50.4 Å². The molecule has 2 saturated carbocycles. The molecular formula is C21H30N4O4. The third-order valence-electron chi connectivity index (χ3n) is 5.69. The molecule has 8 heteroatoms. The highest BCUT2D eigenvalue weighted by Gasteiger charge is 2.26. The molecule has 0 radical (unpaired) electrons. The number of isocyanates is 4. The largest absolute Gasteiger partial charge is 0.235 e. The van der Waals surface area contributed by atoms with Crippen molar-refractivity contribution in [3.05, 3.63) is 0 Å². The molecule has 0 N–H and O–H groups in total. The molecule has 2 aliphatic carbocycles. The highest BCUT2D eigenvalue weighted by molar-refractivity contribution is 5.34. The average molecular weight is 402 g/mol. The van der Waals surface area contributed by atoms with Crippen molar-refractivity contribution in [2.45, 2.75) is 82.7 Å². The molecular weight excluding hydrogens is 372 g/mol. The molecule has 0 heterocycles. The van der Waals surface area contributed by atoms with Gasteiger partial charge in [0.1, 0.15) is 0 Å². The number of rotatable bonds is 9. The van der Waals surface area contributed by atoms with Crippen LogP contribution in [-0.4, -0.2) is 49.5 Å². The second-order valence-electron chi connectivity index (χ2n) is 7.68. The number of hydrogen-bond acceptors (Lipinski definition) is 8. The summed E-state index contributed by atoms with van der Waals surface area (Å²) in [5.41, 5.74) is 0. The number of hydrogen-bond donors (Lipinski definition) is 0. The minimum absolute atomic E-state index is 0.228. The normalized spacial score (nSPS) is 25.5. The SMILES string of the molecule is O=C=NC1CCC(CC2CCC(N=C=O)CC2)CC1.O=C=NCCCCN=C=O. The summed E-state index contributed by atoms with van der Waals surface area (Å²) in [5.74, 6) is 1.60. The smallest absolute Gasteiger partial charge is 0.211 e. The Labute approximate surface area is 171 Å². The first-order valence-corrected chi connectivity index (χ1v) is 10.4. The van der Waals surface area contributed by atoms with Crippen LogP contribution in [-0.2, 0) is 19.2 Å². The number of aliphatic imine (C=N–C) groups is 4. The van der Waals surface area contributed by atoms with Gasteiger partial charge in [-0.05, 0) is 82.5 Å². The van der Waals surface area contributed by atoms with Crippen molar-refractivity contribution < 1.29 is 19.2 Å². The van der Waals surface area contributed by atoms with E-state index in [1.807, 2.05) is 0 Å². The standard InChI is InChI=1S/C15H22N2O2.C6H8N2O2/c18-10-16-14-5-1-12(2-6-14)9-13-3-7-15(8-4-13)17-11-19;9-5-7-3-1-2-4-8-6-10/h12-15H,1-9H2;1-4H2. The van der Waals surface area contributed by atoms with Crippen molar-refractivity contribution in [2.24, 2.45) is 31.8 Å². The molecule has 0 unspecified atom stereocenters. The van der Waals surface area contributed by atoms with Gasteiger partial charge in [-0.15, -0.1) is 0 Å². The van der Waals surface area contributed by atoms with E-state index in [1.54, 1.807) is 12.2 Å². The predicted molar refractivity (Wildman–Crippen MR) is 108 cm³/mol. The van der Waals surface area contributed by atoms with Gasteiger partial charge in [0, 0.05) is 0 Å². The molecule has 158 valence electrons. The highest BCUT2D eigenvalue weighted by Crippen LogP contribution is 2.36. The van der Waals surface area contributed by atoms with Crippen molar-refractivity contribution in [1.29, 1.82) is 0 Å². The van der Waals surface area contributed by atoms with Gasteiger partial charge in [-0.25, -0.2) is 39.1 Å². The molecule has 0 aromatic rings. The Bertz CT molecular complexity index is 586. The van der Waals surface area contributed by atoms with Gasteiger partial charge in [-0.2, -0.15) is 0 Å². The van der Waals surface area contributed by atoms with Crippen molar-refractivity contribution in [3.63, 3.8) is 0 Å². The number of nitrogens with zero attached hydrogens (tertiary/aromatic N) is 4. The topological polar surface area (TPSA) is 118 Å². The molecule has 0 atom stereocenters. The van der Waals surface area contributed by atoms with E-state index in [9.17, 15) is 19.2 Å². The first-order chi connectivity index (χ1) is 14.2. The van der Waals surface area contributed by atoms with Crippen LogP contribution in [0, 0.1) is 11.8 Å². The lowest BCUT2D eigenvalue weighted by Crippen LogP contribution is -2.23. The zero-order chi connectivity index (χ0) is 21.2. The molecule has 29 heavy (non-hydrogen) atoms. The number of carbonyl (C=O) groups excluding carboxylic acids is 4. The fourth-order valence-electron chi connectivity index (χ4n) is 4.11. The van der Waals surface area contributed by atoms with Crippen molar-refractivity contribution in [3.8, 4) is 0 Å². The molecule has 0 aliphatic heterocycles. The van der Waals surface area contributed by atoms with Crippen molar-refractivity contribution >= 4 is 24.3 Å². The minimum atomic E-state index is 0.228. The lowest BCUT2D eigenvalue weighted by Gasteiger charge is -2.31. The summed E-state index contributed by atoms with van der Waals surface area (Å²) in [6.07, 6.45) is 18.0. The predicted octanol–water partition coefficient (Wildman–Crippen LogP) is 3.60. The van der Waals surface area contributed by atoms with E-state index in [1.165, 1.54) is 44.3 Å². The molecule has 0 aromatic carbocycles. The van der Waals surface area contributed by atoms with Crippen LogP contribution in [0.2, 0.25) is 0 Å². The Kier molecular flexibility index (Phi) is 13.9. The van der Waals surface area contributed by atoms with Crippen molar-refractivity contribution in [1.82, 2.24) is 0 Å². The molecule has 0 spiro atoms. The zero-order valence-electron chi connectivity index (χ0n) is 16.9. The van der Waals surface area contributed by atoms with Crippen LogP contribution in [0.1, 0.15) is 70.6 Å². The maximum atomic E-state index is 10.2. The third kappa shape index (κ3) is 11.8. The average Bonchev–Trinajstić information content (AvgIpc) is 2.74. The van der Waals surface area contributed by atoms with Gasteiger partial charge in [0.25, 0.3) is 0 Å². The molecule has 0 amide bonds. The first kappa shape index (κ1) is 24.6. The maximum absolute atomic E-state index is 10.2. The van der Waals surface area contributed by atoms with Gasteiger partial charge < -0.3 is 0 Å². The summed E-state index contributed by atoms with van der Waals surface area (Å²) in [4.78, 5) is 53.8. The molecule has 2 aliphatic rings. The number of unbranched alkanes of at least 4 members (excludes halogenated alkanes) is 1. The summed E-state index contributed by atoms with van der Waals surface area (Å²) in [7, 11) is 0. The van der Waals surface area contributed by atoms with Gasteiger partial charge in [0.05, 0.1) is 25.2 Å². The van der Waals surface area contributed by atoms with Crippen LogP contribution >= 0.6 is 0 Å². The summed E-state index contributed by atoms with van der Waals surface area (Å²) < 4.78 is 0. The van der Waals surface area contributed by atoms with Crippen LogP contribution in [0.5, 0.6) is 0 Å². The highest BCUT2D eigenvalue weighted by atomic mass is 16.1. The minimum Gasteiger partial charge on any atom is -0.211 e. The summed E-state index contributed by atoms with van der Waals surface area (Å²) in [6, 6.07) is 0.456. The maximum Gasteiger partial charge on any atom is 0.235 e. The van der Waals surface area contributed by atoms with Gasteiger partial charge in [0.15, 0.2) is 0 Å². The van der Waals surface area contributed by atoms with Crippen LogP contribution < -0.4 is 0 Å². The van der Waals surface area contributed by atoms with Gasteiger partial charge >= 0.3 is 0 Å². The second-order valence-corrected chi connectivity index (χ2v) is 7.68. The van der Waals surface area contributed by atoms with E-state index < -0.39 is 0 Å². The van der Waals surface area contributed by atoms with Crippen molar-refractivity contribution in [2.75, 3.05) is 13.1 Å². The van der Waals surface area contributed by atoms with Crippen LogP contribution in [0.25, 0.3) is 0 Å². The Morgan fingerprint density at radius 3 is 1.24 bits per heavy atom. The Hall–Kier alpha value is -2.48. The summed E-state index contributed by atoms with van der Waals surface area (Å²) in [5, 5.41) is 0. The van der Waals surface area contributed by atoms with Gasteiger partial charge in [-0.3, -0.25) is 0 Å².